The van der Waals surface area contributed by atoms with Gasteiger partial charge in [0.2, 0.25) is 0 Å². The summed E-state index contributed by atoms with van der Waals surface area (Å²) in [4.78, 5) is 26.2. The summed E-state index contributed by atoms with van der Waals surface area (Å²) >= 11 is 0. The van der Waals surface area contributed by atoms with Crippen LogP contribution in [0.5, 0.6) is 0 Å². The van der Waals surface area contributed by atoms with Gasteiger partial charge in [-0.2, -0.15) is 0 Å². The Bertz CT molecular complexity index is 550. The lowest BCUT2D eigenvalue weighted by atomic mass is 10.2. The first-order valence-electron chi connectivity index (χ1n) is 8.00. The third kappa shape index (κ3) is 4.71. The molecule has 0 saturated carbocycles. The molecule has 5 nitrogen and oxygen atoms in total. The van der Waals surface area contributed by atoms with Gasteiger partial charge in [0, 0.05) is 6.04 Å². The second-order valence-corrected chi connectivity index (χ2v) is 6.92. The molecule has 0 unspecified atom stereocenters. The molecule has 0 N–H and O–H groups in total. The number of rotatable bonds is 3. The number of nitrogens with zero attached hydrogens (tertiary/aromatic N) is 1. The minimum atomic E-state index is -0.585. The van der Waals surface area contributed by atoms with Gasteiger partial charge in [-0.25, -0.2) is 9.59 Å². The van der Waals surface area contributed by atoms with Crippen molar-refractivity contribution >= 4 is 12.1 Å². The molecule has 1 heterocycles. The highest BCUT2D eigenvalue weighted by atomic mass is 16.6. The van der Waals surface area contributed by atoms with Crippen LogP contribution in [0.4, 0.5) is 4.79 Å². The lowest BCUT2D eigenvalue weighted by Crippen LogP contribution is -2.46. The summed E-state index contributed by atoms with van der Waals surface area (Å²) in [5.74, 6) is -0.371. The maximum Gasteiger partial charge on any atom is 0.411 e. The van der Waals surface area contributed by atoms with E-state index < -0.39 is 17.7 Å². The summed E-state index contributed by atoms with van der Waals surface area (Å²) in [5, 5.41) is 0. The van der Waals surface area contributed by atoms with Crippen molar-refractivity contribution in [1.82, 2.24) is 4.90 Å². The second-order valence-electron chi connectivity index (χ2n) is 6.92. The number of likely N-dealkylation sites (tertiary alicyclic amines) is 1. The van der Waals surface area contributed by atoms with E-state index in [0.29, 0.717) is 6.42 Å². The van der Waals surface area contributed by atoms with Crippen molar-refractivity contribution in [2.45, 2.75) is 64.8 Å². The van der Waals surface area contributed by atoms with Gasteiger partial charge in [0.1, 0.15) is 18.2 Å². The van der Waals surface area contributed by atoms with E-state index in [-0.39, 0.29) is 18.6 Å². The Hall–Kier alpha value is -2.04. The summed E-state index contributed by atoms with van der Waals surface area (Å²) in [6, 6.07) is 8.91. The fourth-order valence-electron chi connectivity index (χ4n) is 2.66. The Balaban J connectivity index is 1.99. The van der Waals surface area contributed by atoms with Crippen LogP contribution in [0.1, 0.15) is 46.1 Å². The molecule has 1 aliphatic rings. The molecule has 1 aromatic rings. The maximum atomic E-state index is 12.4. The number of hydrogen-bond acceptors (Lipinski definition) is 4. The Morgan fingerprint density at radius 2 is 1.83 bits per heavy atom. The topological polar surface area (TPSA) is 55.8 Å². The summed E-state index contributed by atoms with van der Waals surface area (Å²) in [7, 11) is 0. The molecular formula is C18H25NO4. The van der Waals surface area contributed by atoms with Gasteiger partial charge in [-0.05, 0) is 46.1 Å². The van der Waals surface area contributed by atoms with Gasteiger partial charge < -0.3 is 9.47 Å². The van der Waals surface area contributed by atoms with Gasteiger partial charge in [0.25, 0.3) is 0 Å². The molecule has 2 rings (SSSR count). The average Bonchev–Trinajstić information content (AvgIpc) is 2.86. The Morgan fingerprint density at radius 1 is 1.17 bits per heavy atom. The van der Waals surface area contributed by atoms with E-state index in [1.807, 2.05) is 58.0 Å². The number of benzene rings is 1. The van der Waals surface area contributed by atoms with Gasteiger partial charge in [0.05, 0.1) is 0 Å². The largest absolute Gasteiger partial charge is 0.459 e. The van der Waals surface area contributed by atoms with E-state index in [0.717, 1.165) is 12.0 Å². The van der Waals surface area contributed by atoms with Crippen molar-refractivity contribution in [2.75, 3.05) is 0 Å². The number of esters is 1. The maximum absolute atomic E-state index is 12.4. The van der Waals surface area contributed by atoms with Crippen LogP contribution in [0.3, 0.4) is 0 Å². The monoisotopic (exact) mass is 319 g/mol. The van der Waals surface area contributed by atoms with Crippen LogP contribution in [-0.2, 0) is 20.9 Å². The first kappa shape index (κ1) is 17.3. The Morgan fingerprint density at radius 3 is 2.43 bits per heavy atom. The molecule has 0 aromatic heterocycles. The van der Waals surface area contributed by atoms with Crippen LogP contribution in [-0.4, -0.2) is 34.6 Å². The first-order chi connectivity index (χ1) is 10.8. The van der Waals surface area contributed by atoms with Crippen molar-refractivity contribution in [3.63, 3.8) is 0 Å². The summed E-state index contributed by atoms with van der Waals surface area (Å²) in [6.07, 6.45) is 0.919. The molecule has 5 heteroatoms. The Kier molecular flexibility index (Phi) is 5.29. The molecule has 1 fully saturated rings. The molecule has 0 spiro atoms. The van der Waals surface area contributed by atoms with Crippen molar-refractivity contribution in [3.8, 4) is 0 Å². The highest BCUT2D eigenvalue weighted by Gasteiger charge is 2.41. The van der Waals surface area contributed by atoms with Gasteiger partial charge in [0.15, 0.2) is 0 Å². The van der Waals surface area contributed by atoms with Crippen LogP contribution < -0.4 is 0 Å². The fraction of sp³-hybridized carbons (Fsp3) is 0.556. The zero-order valence-electron chi connectivity index (χ0n) is 14.2. The lowest BCUT2D eigenvalue weighted by molar-refractivity contribution is -0.150. The molecule has 23 heavy (non-hydrogen) atoms. The molecule has 0 radical (unpaired) electrons. The molecule has 1 aromatic carbocycles. The number of carbonyl (C=O) groups is 2. The molecule has 0 aliphatic carbocycles. The van der Waals surface area contributed by atoms with Gasteiger partial charge in [-0.3, -0.25) is 4.90 Å². The first-order valence-corrected chi connectivity index (χ1v) is 8.00. The van der Waals surface area contributed by atoms with E-state index in [4.69, 9.17) is 9.47 Å². The third-order valence-corrected chi connectivity index (χ3v) is 3.77. The fourth-order valence-corrected chi connectivity index (χ4v) is 2.66. The van der Waals surface area contributed by atoms with E-state index in [9.17, 15) is 9.59 Å². The molecule has 1 saturated heterocycles. The van der Waals surface area contributed by atoms with E-state index in [1.165, 1.54) is 4.90 Å². The average molecular weight is 319 g/mol. The summed E-state index contributed by atoms with van der Waals surface area (Å²) in [6.45, 7) is 7.58. The second kappa shape index (κ2) is 7.02. The van der Waals surface area contributed by atoms with Crippen LogP contribution in [0.15, 0.2) is 30.3 Å². The molecule has 2 atom stereocenters. The zero-order chi connectivity index (χ0) is 17.0. The highest BCUT2D eigenvalue weighted by Crippen LogP contribution is 2.27. The third-order valence-electron chi connectivity index (χ3n) is 3.77. The van der Waals surface area contributed by atoms with Crippen molar-refractivity contribution < 1.29 is 19.1 Å². The smallest absolute Gasteiger partial charge is 0.411 e. The van der Waals surface area contributed by atoms with Crippen molar-refractivity contribution in [2.24, 2.45) is 0 Å². The number of hydrogen-bond donors (Lipinski definition) is 0. The van der Waals surface area contributed by atoms with E-state index in [2.05, 4.69) is 0 Å². The van der Waals surface area contributed by atoms with Gasteiger partial charge in [-0.1, -0.05) is 30.3 Å². The number of carbonyl (C=O) groups excluding carboxylic acids is 2. The summed E-state index contributed by atoms with van der Waals surface area (Å²) < 4.78 is 10.8. The van der Waals surface area contributed by atoms with Crippen molar-refractivity contribution in [3.05, 3.63) is 35.9 Å². The van der Waals surface area contributed by atoms with Crippen LogP contribution in [0.2, 0.25) is 0 Å². The molecule has 126 valence electrons. The standard InChI is InChI=1S/C18H25NO4/c1-13-10-11-15(19(13)17(21)23-18(2,3)4)16(20)22-12-14-8-6-5-7-9-14/h5-9,13,15H,10-12H2,1-4H3/t13-,15-/m1/s1. The predicted molar refractivity (Wildman–Crippen MR) is 86.8 cm³/mol. The quantitative estimate of drug-likeness (QED) is 0.800. The van der Waals surface area contributed by atoms with Gasteiger partial charge >= 0.3 is 12.1 Å². The normalized spacial score (nSPS) is 21.1. The Labute approximate surface area is 137 Å². The van der Waals surface area contributed by atoms with Gasteiger partial charge in [-0.15, -0.1) is 0 Å². The van der Waals surface area contributed by atoms with Crippen LogP contribution >= 0.6 is 0 Å². The molecule has 1 amide bonds. The predicted octanol–water partition coefficient (Wildman–Crippen LogP) is 3.52. The number of amides is 1. The van der Waals surface area contributed by atoms with E-state index in [1.54, 1.807) is 0 Å². The van der Waals surface area contributed by atoms with Crippen LogP contribution in [0, 0.1) is 0 Å². The minimum absolute atomic E-state index is 0.0286. The highest BCUT2D eigenvalue weighted by molar-refractivity contribution is 5.82. The number of ether oxygens (including phenoxy) is 2. The molecular weight excluding hydrogens is 294 g/mol. The molecule has 1 aliphatic heterocycles. The SMILES string of the molecule is C[C@@H]1CC[C@H](C(=O)OCc2ccccc2)N1C(=O)OC(C)(C)C. The lowest BCUT2D eigenvalue weighted by Gasteiger charge is -2.30. The molecule has 0 bridgehead atoms. The zero-order valence-corrected chi connectivity index (χ0v) is 14.2. The minimum Gasteiger partial charge on any atom is -0.459 e. The van der Waals surface area contributed by atoms with E-state index >= 15 is 0 Å². The summed E-state index contributed by atoms with van der Waals surface area (Å²) in [5.41, 5.74) is 0.341. The van der Waals surface area contributed by atoms with Crippen LogP contribution in [0.25, 0.3) is 0 Å². The van der Waals surface area contributed by atoms with Crippen molar-refractivity contribution in [1.29, 1.82) is 0 Å².